The van der Waals surface area contributed by atoms with Crippen molar-refractivity contribution in [3.05, 3.63) is 47.3 Å². The summed E-state index contributed by atoms with van der Waals surface area (Å²) in [6, 6.07) is 4.89. The molecule has 9 heteroatoms. The molecule has 0 bridgehead atoms. The van der Waals surface area contributed by atoms with Crippen LogP contribution in [0.1, 0.15) is 42.2 Å². The van der Waals surface area contributed by atoms with Gasteiger partial charge in [-0.3, -0.25) is 4.79 Å². The van der Waals surface area contributed by atoms with Crippen molar-refractivity contribution in [1.29, 1.82) is 5.26 Å². The van der Waals surface area contributed by atoms with Gasteiger partial charge in [-0.2, -0.15) is 5.26 Å². The van der Waals surface area contributed by atoms with Crippen LogP contribution in [0, 0.1) is 23.0 Å². The van der Waals surface area contributed by atoms with E-state index in [1.165, 1.54) is 6.20 Å². The van der Waals surface area contributed by atoms with E-state index < -0.39 is 17.2 Å². The lowest BCUT2D eigenvalue weighted by molar-refractivity contribution is 0.0624. The van der Waals surface area contributed by atoms with E-state index in [0.717, 1.165) is 31.0 Å². The molecule has 2 fully saturated rings. The predicted octanol–water partition coefficient (Wildman–Crippen LogP) is 2.73. The summed E-state index contributed by atoms with van der Waals surface area (Å²) in [7, 11) is 0. The lowest BCUT2D eigenvalue weighted by Gasteiger charge is -2.28. The highest BCUT2D eigenvalue weighted by Gasteiger charge is 2.35. The predicted molar refractivity (Wildman–Crippen MR) is 115 cm³/mol. The first-order chi connectivity index (χ1) is 15.3. The Bertz CT molecular complexity index is 1060. The molecule has 2 saturated heterocycles. The van der Waals surface area contributed by atoms with Crippen LogP contribution in [0.4, 0.5) is 14.5 Å². The summed E-state index contributed by atoms with van der Waals surface area (Å²) in [6.07, 6.45) is 3.64. The van der Waals surface area contributed by atoms with E-state index in [2.05, 4.69) is 10.3 Å². The van der Waals surface area contributed by atoms with Crippen LogP contribution in [0.2, 0.25) is 0 Å². The molecule has 1 amide bonds. The number of nitriles is 1. The molecule has 168 valence electrons. The number of nitrogens with two attached hydrogens (primary N) is 1. The second-order valence-electron chi connectivity index (χ2n) is 8.73. The van der Waals surface area contributed by atoms with Crippen LogP contribution < -0.4 is 16.0 Å². The Balaban J connectivity index is 1.86. The third-order valence-electron chi connectivity index (χ3n) is 5.87. The Hall–Kier alpha value is -3.09. The van der Waals surface area contributed by atoms with Crippen LogP contribution in [0.15, 0.2) is 24.4 Å². The Morgan fingerprint density at radius 3 is 2.72 bits per heavy atom. The van der Waals surface area contributed by atoms with Crippen LogP contribution in [0.25, 0.3) is 11.1 Å². The van der Waals surface area contributed by atoms with E-state index in [9.17, 15) is 18.8 Å². The number of hydrogen-bond acceptors (Lipinski definition) is 6. The van der Waals surface area contributed by atoms with Crippen molar-refractivity contribution < 1.29 is 18.3 Å². The number of benzene rings is 1. The number of hydrogen-bond donors (Lipinski definition) is 2. The standard InChI is InChI=1S/C23H25F2N5O2/c1-23(27)4-5-30(13-23)21-18(22(31)29-17-3-2-6-32-12-17)11-28-19(10-26)20(21)14-7-15(24)9-16(25)8-14/h7-9,11,17H,2-6,12-13,27H2,1H3,(H,29,31)/t17?,23-/m0/s1. The lowest BCUT2D eigenvalue weighted by atomic mass is 9.97. The maximum absolute atomic E-state index is 14.1. The van der Waals surface area contributed by atoms with Crippen molar-refractivity contribution in [1.82, 2.24) is 10.3 Å². The molecule has 4 rings (SSSR count). The van der Waals surface area contributed by atoms with Gasteiger partial charge in [0.2, 0.25) is 0 Å². The number of carbonyl (C=O) groups excluding carboxylic acids is 1. The Labute approximate surface area is 185 Å². The molecule has 2 aliphatic heterocycles. The van der Waals surface area contributed by atoms with Crippen molar-refractivity contribution in [2.75, 3.05) is 31.2 Å². The highest BCUT2D eigenvalue weighted by molar-refractivity contribution is 6.04. The van der Waals surface area contributed by atoms with E-state index in [1.54, 1.807) is 0 Å². The van der Waals surface area contributed by atoms with Gasteiger partial charge in [0.25, 0.3) is 5.91 Å². The number of rotatable bonds is 4. The van der Waals surface area contributed by atoms with Gasteiger partial charge in [0, 0.05) is 43.1 Å². The molecule has 1 unspecified atom stereocenters. The molecule has 1 aromatic carbocycles. The molecule has 0 saturated carbocycles. The summed E-state index contributed by atoms with van der Waals surface area (Å²) in [5.41, 5.74) is 6.80. The zero-order valence-corrected chi connectivity index (χ0v) is 17.8. The van der Waals surface area contributed by atoms with E-state index in [4.69, 9.17) is 10.5 Å². The number of carbonyl (C=O) groups is 1. The van der Waals surface area contributed by atoms with Crippen LogP contribution in [0.5, 0.6) is 0 Å². The molecule has 0 spiro atoms. The van der Waals surface area contributed by atoms with Gasteiger partial charge >= 0.3 is 0 Å². The molecule has 7 nitrogen and oxygen atoms in total. The van der Waals surface area contributed by atoms with Crippen LogP contribution in [-0.2, 0) is 4.74 Å². The average Bonchev–Trinajstić information content (AvgIpc) is 3.12. The topological polar surface area (TPSA) is 104 Å². The van der Waals surface area contributed by atoms with Gasteiger partial charge in [-0.15, -0.1) is 0 Å². The van der Waals surface area contributed by atoms with Crippen LogP contribution in [-0.4, -0.2) is 48.8 Å². The normalized spacial score (nSPS) is 23.1. The molecule has 32 heavy (non-hydrogen) atoms. The molecule has 2 atom stereocenters. The maximum Gasteiger partial charge on any atom is 0.255 e. The number of pyridine rings is 1. The fourth-order valence-corrected chi connectivity index (χ4v) is 4.35. The Kier molecular flexibility index (Phi) is 6.09. The third kappa shape index (κ3) is 4.56. The van der Waals surface area contributed by atoms with Gasteiger partial charge in [0.1, 0.15) is 23.4 Å². The monoisotopic (exact) mass is 441 g/mol. The first-order valence-corrected chi connectivity index (χ1v) is 10.6. The average molecular weight is 441 g/mol. The fourth-order valence-electron chi connectivity index (χ4n) is 4.35. The van der Waals surface area contributed by atoms with Gasteiger partial charge in [0.05, 0.1) is 23.9 Å². The molecule has 0 aliphatic carbocycles. The first kappa shape index (κ1) is 22.1. The molecule has 2 aliphatic rings. The molecule has 3 heterocycles. The molecular formula is C23H25F2N5O2. The van der Waals surface area contributed by atoms with Gasteiger partial charge < -0.3 is 20.7 Å². The van der Waals surface area contributed by atoms with Gasteiger partial charge in [-0.1, -0.05) is 0 Å². The summed E-state index contributed by atoms with van der Waals surface area (Å²) in [5, 5.41) is 12.7. The zero-order chi connectivity index (χ0) is 22.9. The summed E-state index contributed by atoms with van der Waals surface area (Å²) in [4.78, 5) is 19.3. The minimum atomic E-state index is -0.783. The maximum atomic E-state index is 14.1. The summed E-state index contributed by atoms with van der Waals surface area (Å²) >= 11 is 0. The number of anilines is 1. The minimum Gasteiger partial charge on any atom is -0.379 e. The summed E-state index contributed by atoms with van der Waals surface area (Å²) in [5.74, 6) is -1.94. The van der Waals surface area contributed by atoms with Crippen molar-refractivity contribution in [3.8, 4) is 17.2 Å². The molecule has 2 aromatic rings. The largest absolute Gasteiger partial charge is 0.379 e. The Morgan fingerprint density at radius 1 is 1.38 bits per heavy atom. The van der Waals surface area contributed by atoms with Crippen LogP contribution >= 0.6 is 0 Å². The fraction of sp³-hybridized carbons (Fsp3) is 0.435. The number of amides is 1. The quantitative estimate of drug-likeness (QED) is 0.756. The highest BCUT2D eigenvalue weighted by atomic mass is 19.1. The second-order valence-corrected chi connectivity index (χ2v) is 8.73. The second kappa shape index (κ2) is 8.81. The minimum absolute atomic E-state index is 0.0202. The molecule has 1 aromatic heterocycles. The molecule has 0 radical (unpaired) electrons. The third-order valence-corrected chi connectivity index (χ3v) is 5.87. The van der Waals surface area contributed by atoms with Crippen molar-refractivity contribution in [2.24, 2.45) is 5.73 Å². The van der Waals surface area contributed by atoms with E-state index in [-0.39, 0.29) is 34.3 Å². The number of nitrogens with zero attached hydrogens (tertiary/aromatic N) is 3. The first-order valence-electron chi connectivity index (χ1n) is 10.6. The van der Waals surface area contributed by atoms with E-state index in [1.807, 2.05) is 17.9 Å². The highest BCUT2D eigenvalue weighted by Crippen LogP contribution is 2.39. The van der Waals surface area contributed by atoms with Gasteiger partial charge in [0.15, 0.2) is 0 Å². The number of ether oxygens (including phenoxy) is 1. The number of aromatic nitrogens is 1. The van der Waals surface area contributed by atoms with E-state index >= 15 is 0 Å². The van der Waals surface area contributed by atoms with Gasteiger partial charge in [-0.25, -0.2) is 13.8 Å². The van der Waals surface area contributed by atoms with E-state index in [0.29, 0.717) is 38.4 Å². The van der Waals surface area contributed by atoms with Crippen molar-refractivity contribution in [2.45, 2.75) is 37.8 Å². The molecule has 3 N–H and O–H groups in total. The zero-order valence-electron chi connectivity index (χ0n) is 17.8. The van der Waals surface area contributed by atoms with Crippen molar-refractivity contribution >= 4 is 11.6 Å². The van der Waals surface area contributed by atoms with Crippen LogP contribution in [0.3, 0.4) is 0 Å². The van der Waals surface area contributed by atoms with Gasteiger partial charge in [-0.05, 0) is 43.9 Å². The van der Waals surface area contributed by atoms with Crippen molar-refractivity contribution in [3.63, 3.8) is 0 Å². The lowest BCUT2D eigenvalue weighted by Crippen LogP contribution is -2.42. The Morgan fingerprint density at radius 2 is 2.12 bits per heavy atom. The number of nitrogens with one attached hydrogen (secondary N) is 1. The summed E-state index contributed by atoms with van der Waals surface area (Å²) in [6.45, 7) is 3.92. The SMILES string of the molecule is C[C@]1(N)CCN(c2c(C(=O)NC3CCCOC3)cnc(C#N)c2-c2cc(F)cc(F)c2)C1. The smallest absolute Gasteiger partial charge is 0.255 e. The number of halogens is 2. The molecular weight excluding hydrogens is 416 g/mol. The summed E-state index contributed by atoms with van der Waals surface area (Å²) < 4.78 is 33.6.